The van der Waals surface area contributed by atoms with Gasteiger partial charge < -0.3 is 15.1 Å². The lowest BCUT2D eigenvalue weighted by molar-refractivity contribution is -0.0501. The van der Waals surface area contributed by atoms with Crippen LogP contribution < -0.4 is 0 Å². The molecule has 3 nitrogen and oxygen atoms in total. The molecule has 0 atom stereocenters. The van der Waals surface area contributed by atoms with E-state index in [-0.39, 0.29) is 0 Å². The SMILES string of the molecule is OC(O)CCN1CCCCCC1. The van der Waals surface area contributed by atoms with Gasteiger partial charge in [0, 0.05) is 13.0 Å². The summed E-state index contributed by atoms with van der Waals surface area (Å²) in [4.78, 5) is 2.33. The highest BCUT2D eigenvalue weighted by Crippen LogP contribution is 2.09. The summed E-state index contributed by atoms with van der Waals surface area (Å²) in [5, 5.41) is 17.4. The number of aliphatic hydroxyl groups excluding tert-OH is 1. The Hall–Kier alpha value is -0.120. The van der Waals surface area contributed by atoms with Crippen LogP contribution in [0.3, 0.4) is 0 Å². The fourth-order valence-corrected chi connectivity index (χ4v) is 1.66. The normalized spacial score (nSPS) is 21.2. The Morgan fingerprint density at radius 1 is 1.00 bits per heavy atom. The van der Waals surface area contributed by atoms with Gasteiger partial charge in [-0.2, -0.15) is 0 Å². The number of nitrogens with zero attached hydrogens (tertiary/aromatic N) is 1. The Morgan fingerprint density at radius 2 is 1.58 bits per heavy atom. The smallest absolute Gasteiger partial charge is 0.152 e. The average molecular weight is 173 g/mol. The zero-order chi connectivity index (χ0) is 8.81. The summed E-state index contributed by atoms with van der Waals surface area (Å²) in [6.07, 6.45) is 4.55. The van der Waals surface area contributed by atoms with Crippen molar-refractivity contribution in [3.05, 3.63) is 0 Å². The maximum absolute atomic E-state index is 8.68. The van der Waals surface area contributed by atoms with Crippen molar-refractivity contribution in [2.24, 2.45) is 0 Å². The van der Waals surface area contributed by atoms with Crippen LogP contribution in [-0.2, 0) is 0 Å². The van der Waals surface area contributed by atoms with Gasteiger partial charge in [0.25, 0.3) is 0 Å². The number of hydrogen-bond acceptors (Lipinski definition) is 3. The van der Waals surface area contributed by atoms with Crippen molar-refractivity contribution < 1.29 is 10.2 Å². The minimum Gasteiger partial charge on any atom is -0.368 e. The van der Waals surface area contributed by atoms with E-state index in [1.165, 1.54) is 25.7 Å². The monoisotopic (exact) mass is 173 g/mol. The lowest BCUT2D eigenvalue weighted by atomic mass is 10.2. The Balaban J connectivity index is 2.12. The molecule has 0 aliphatic carbocycles. The van der Waals surface area contributed by atoms with Gasteiger partial charge in [-0.1, -0.05) is 12.8 Å². The lowest BCUT2D eigenvalue weighted by Crippen LogP contribution is -2.28. The van der Waals surface area contributed by atoms with E-state index >= 15 is 0 Å². The number of likely N-dealkylation sites (tertiary alicyclic amines) is 1. The third-order valence-electron chi connectivity index (χ3n) is 2.40. The van der Waals surface area contributed by atoms with Gasteiger partial charge in [0.05, 0.1) is 0 Å². The molecule has 1 aliphatic heterocycles. The molecule has 1 rings (SSSR count). The Kier molecular flexibility index (Phi) is 4.58. The summed E-state index contributed by atoms with van der Waals surface area (Å²) in [6, 6.07) is 0. The van der Waals surface area contributed by atoms with Crippen LogP contribution in [0, 0.1) is 0 Å². The van der Waals surface area contributed by atoms with E-state index in [4.69, 9.17) is 10.2 Å². The van der Waals surface area contributed by atoms with E-state index in [2.05, 4.69) is 4.90 Å². The minimum absolute atomic E-state index is 0.486. The molecule has 12 heavy (non-hydrogen) atoms. The fraction of sp³-hybridized carbons (Fsp3) is 1.00. The van der Waals surface area contributed by atoms with Crippen LogP contribution in [0.5, 0.6) is 0 Å². The number of aliphatic hydroxyl groups is 2. The topological polar surface area (TPSA) is 43.7 Å². The predicted molar refractivity (Wildman–Crippen MR) is 47.8 cm³/mol. The first-order valence-corrected chi connectivity index (χ1v) is 4.87. The summed E-state index contributed by atoms with van der Waals surface area (Å²) in [6.45, 7) is 3.09. The van der Waals surface area contributed by atoms with Crippen molar-refractivity contribution >= 4 is 0 Å². The van der Waals surface area contributed by atoms with E-state index in [1.807, 2.05) is 0 Å². The average Bonchev–Trinajstić information content (AvgIpc) is 2.28. The van der Waals surface area contributed by atoms with Gasteiger partial charge in [-0.15, -0.1) is 0 Å². The van der Waals surface area contributed by atoms with Crippen molar-refractivity contribution in [3.8, 4) is 0 Å². The van der Waals surface area contributed by atoms with Gasteiger partial charge in [-0.25, -0.2) is 0 Å². The first-order chi connectivity index (χ1) is 5.79. The first-order valence-electron chi connectivity index (χ1n) is 4.87. The van der Waals surface area contributed by atoms with Gasteiger partial charge in [0.2, 0.25) is 0 Å². The zero-order valence-corrected chi connectivity index (χ0v) is 7.58. The molecule has 1 aliphatic rings. The Bertz CT molecular complexity index is 109. The fourth-order valence-electron chi connectivity index (χ4n) is 1.66. The second kappa shape index (κ2) is 5.51. The van der Waals surface area contributed by atoms with E-state index in [0.717, 1.165) is 19.6 Å². The predicted octanol–water partition coefficient (Wildman–Crippen LogP) is 0.563. The summed E-state index contributed by atoms with van der Waals surface area (Å²) in [5.41, 5.74) is 0. The van der Waals surface area contributed by atoms with Gasteiger partial charge in [-0.3, -0.25) is 0 Å². The van der Waals surface area contributed by atoms with Crippen LogP contribution in [0.1, 0.15) is 32.1 Å². The lowest BCUT2D eigenvalue weighted by Gasteiger charge is -2.19. The maximum Gasteiger partial charge on any atom is 0.152 e. The van der Waals surface area contributed by atoms with Crippen molar-refractivity contribution in [3.63, 3.8) is 0 Å². The van der Waals surface area contributed by atoms with Gasteiger partial charge in [0.1, 0.15) is 0 Å². The third kappa shape index (κ3) is 4.04. The van der Waals surface area contributed by atoms with Gasteiger partial charge in [0.15, 0.2) is 6.29 Å². The Morgan fingerprint density at radius 3 is 2.08 bits per heavy atom. The number of rotatable bonds is 3. The first kappa shape index (κ1) is 9.96. The highest BCUT2D eigenvalue weighted by molar-refractivity contribution is 4.63. The maximum atomic E-state index is 8.68. The third-order valence-corrected chi connectivity index (χ3v) is 2.40. The molecule has 1 fully saturated rings. The molecule has 0 aromatic rings. The molecular weight excluding hydrogens is 154 g/mol. The van der Waals surface area contributed by atoms with E-state index in [9.17, 15) is 0 Å². The van der Waals surface area contributed by atoms with Crippen molar-refractivity contribution in [2.45, 2.75) is 38.4 Å². The molecule has 72 valence electrons. The Labute approximate surface area is 74.0 Å². The molecule has 0 unspecified atom stereocenters. The van der Waals surface area contributed by atoms with Gasteiger partial charge in [-0.05, 0) is 25.9 Å². The standard InChI is InChI=1S/C9H19NO2/c11-9(12)5-8-10-6-3-1-2-4-7-10/h9,11-12H,1-8H2. The van der Waals surface area contributed by atoms with Crippen LogP contribution >= 0.6 is 0 Å². The van der Waals surface area contributed by atoms with Crippen molar-refractivity contribution in [1.82, 2.24) is 4.90 Å². The minimum atomic E-state index is -1.13. The van der Waals surface area contributed by atoms with Crippen LogP contribution in [0.15, 0.2) is 0 Å². The van der Waals surface area contributed by atoms with Crippen LogP contribution in [0.25, 0.3) is 0 Å². The van der Waals surface area contributed by atoms with Gasteiger partial charge >= 0.3 is 0 Å². The summed E-state index contributed by atoms with van der Waals surface area (Å²) in [5.74, 6) is 0. The van der Waals surface area contributed by atoms with E-state index in [0.29, 0.717) is 6.42 Å². The van der Waals surface area contributed by atoms with Crippen LogP contribution in [0.4, 0.5) is 0 Å². The molecule has 0 bridgehead atoms. The molecule has 0 saturated carbocycles. The molecule has 1 heterocycles. The van der Waals surface area contributed by atoms with Crippen LogP contribution in [0.2, 0.25) is 0 Å². The quantitative estimate of drug-likeness (QED) is 0.613. The molecule has 2 N–H and O–H groups in total. The summed E-state index contributed by atoms with van der Waals surface area (Å²) >= 11 is 0. The highest BCUT2D eigenvalue weighted by atomic mass is 16.5. The number of hydrogen-bond donors (Lipinski definition) is 2. The molecule has 0 aromatic carbocycles. The van der Waals surface area contributed by atoms with Crippen molar-refractivity contribution in [2.75, 3.05) is 19.6 Å². The highest BCUT2D eigenvalue weighted by Gasteiger charge is 2.09. The molecular formula is C9H19NO2. The van der Waals surface area contributed by atoms with E-state index in [1.54, 1.807) is 0 Å². The molecule has 0 spiro atoms. The summed E-state index contributed by atoms with van der Waals surface area (Å²) < 4.78 is 0. The molecule has 0 aromatic heterocycles. The molecule has 3 heteroatoms. The molecule has 1 saturated heterocycles. The second-order valence-corrected chi connectivity index (χ2v) is 3.53. The molecule has 0 amide bonds. The van der Waals surface area contributed by atoms with Crippen molar-refractivity contribution in [1.29, 1.82) is 0 Å². The largest absolute Gasteiger partial charge is 0.368 e. The van der Waals surface area contributed by atoms with Crippen LogP contribution in [-0.4, -0.2) is 41.0 Å². The second-order valence-electron chi connectivity index (χ2n) is 3.53. The molecule has 0 radical (unpaired) electrons. The van der Waals surface area contributed by atoms with E-state index < -0.39 is 6.29 Å². The zero-order valence-electron chi connectivity index (χ0n) is 7.58. The summed E-state index contributed by atoms with van der Waals surface area (Å²) in [7, 11) is 0.